The number of rotatable bonds is 6. The molecule has 0 saturated heterocycles. The maximum absolute atomic E-state index is 5.08. The highest BCUT2D eigenvalue weighted by molar-refractivity contribution is 7.25. The van der Waals surface area contributed by atoms with E-state index in [1.807, 2.05) is 72.0 Å². The topological polar surface area (TPSA) is 43.6 Å². The second-order valence-corrected chi connectivity index (χ2v) is 15.1. The average molecular weight is 733 g/mol. The Morgan fingerprint density at radius 2 is 0.875 bits per heavy atom. The van der Waals surface area contributed by atoms with E-state index in [1.54, 1.807) is 0 Å². The van der Waals surface area contributed by atoms with Gasteiger partial charge in [0, 0.05) is 58.9 Å². The van der Waals surface area contributed by atoms with Crippen molar-refractivity contribution in [2.75, 3.05) is 0 Å². The zero-order chi connectivity index (χ0) is 37.0. The van der Waals surface area contributed by atoms with Gasteiger partial charge >= 0.3 is 0 Å². The summed E-state index contributed by atoms with van der Waals surface area (Å²) in [7, 11) is 0. The third-order valence-corrected chi connectivity index (χ3v) is 11.8. The third kappa shape index (κ3) is 5.40. The van der Waals surface area contributed by atoms with Gasteiger partial charge in [-0.1, -0.05) is 164 Å². The van der Waals surface area contributed by atoms with E-state index in [2.05, 4.69) is 138 Å². The van der Waals surface area contributed by atoms with Crippen LogP contribution in [-0.4, -0.2) is 19.5 Å². The van der Waals surface area contributed by atoms with Crippen LogP contribution < -0.4 is 0 Å². The molecular weight excluding hydrogens is 701 g/mol. The molecule has 11 rings (SSSR count). The lowest BCUT2D eigenvalue weighted by Gasteiger charge is -2.13. The minimum Gasteiger partial charge on any atom is -0.309 e. The summed E-state index contributed by atoms with van der Waals surface area (Å²) in [5.41, 5.74) is 10.9. The summed E-state index contributed by atoms with van der Waals surface area (Å²) in [6, 6.07) is 68.7. The maximum Gasteiger partial charge on any atom is 0.164 e. The molecule has 0 amide bonds. The van der Waals surface area contributed by atoms with Gasteiger partial charge in [-0.2, -0.15) is 0 Å². The summed E-state index contributed by atoms with van der Waals surface area (Å²) >= 11 is 1.85. The first-order chi connectivity index (χ1) is 27.8. The van der Waals surface area contributed by atoms with Crippen molar-refractivity contribution in [3.63, 3.8) is 0 Å². The quantitative estimate of drug-likeness (QED) is 0.171. The first-order valence-corrected chi connectivity index (χ1v) is 19.6. The number of fused-ring (bicyclic) bond motifs is 6. The summed E-state index contributed by atoms with van der Waals surface area (Å²) in [4.78, 5) is 15.1. The van der Waals surface area contributed by atoms with Crippen LogP contribution in [0.5, 0.6) is 0 Å². The second-order valence-electron chi connectivity index (χ2n) is 14.0. The highest BCUT2D eigenvalue weighted by Gasteiger charge is 2.20. The Morgan fingerprint density at radius 3 is 1.57 bits per heavy atom. The Kier molecular flexibility index (Phi) is 7.64. The fraction of sp³-hybridized carbons (Fsp3) is 0. The standard InChI is InChI=1S/C51H32N4S/c1-4-14-33(15-5-1)40-22-12-23-42-41-31-28-37(51-53-49(35-16-6-2-7-17-35)52-50(54-51)36-18-8-3-9-19-36)32-44(41)55(48(40)42)38-29-26-34(27-30-38)39-21-13-25-46-47(39)43-20-10-11-24-45(43)56-46/h1-32H. The van der Waals surface area contributed by atoms with Crippen molar-refractivity contribution in [1.82, 2.24) is 19.5 Å². The number of nitrogens with zero attached hydrogens (tertiary/aromatic N) is 4. The molecule has 3 heterocycles. The molecular formula is C51H32N4S. The van der Waals surface area contributed by atoms with Crippen molar-refractivity contribution in [1.29, 1.82) is 0 Å². The molecule has 0 saturated carbocycles. The lowest BCUT2D eigenvalue weighted by Crippen LogP contribution is -2.00. The lowest BCUT2D eigenvalue weighted by atomic mass is 9.99. The molecule has 0 radical (unpaired) electrons. The van der Waals surface area contributed by atoms with E-state index in [1.165, 1.54) is 53.2 Å². The molecule has 0 aliphatic heterocycles. The number of para-hydroxylation sites is 1. The minimum atomic E-state index is 0.631. The van der Waals surface area contributed by atoms with E-state index in [-0.39, 0.29) is 0 Å². The summed E-state index contributed by atoms with van der Waals surface area (Å²) in [6.07, 6.45) is 0. The Morgan fingerprint density at radius 1 is 0.357 bits per heavy atom. The van der Waals surface area contributed by atoms with E-state index in [0.717, 1.165) is 33.4 Å². The molecule has 8 aromatic carbocycles. The molecule has 262 valence electrons. The molecule has 5 heteroatoms. The summed E-state index contributed by atoms with van der Waals surface area (Å²) < 4.78 is 5.03. The van der Waals surface area contributed by atoms with Gasteiger partial charge in [0.15, 0.2) is 17.5 Å². The largest absolute Gasteiger partial charge is 0.309 e. The second kappa shape index (κ2) is 13.3. The molecule has 0 spiro atoms. The van der Waals surface area contributed by atoms with Crippen molar-refractivity contribution in [3.05, 3.63) is 194 Å². The van der Waals surface area contributed by atoms with E-state index >= 15 is 0 Å². The molecule has 0 fully saturated rings. The zero-order valence-electron chi connectivity index (χ0n) is 30.2. The third-order valence-electron chi connectivity index (χ3n) is 10.7. The van der Waals surface area contributed by atoms with Crippen LogP contribution in [0.25, 0.3) is 104 Å². The normalized spacial score (nSPS) is 11.6. The van der Waals surface area contributed by atoms with Crippen molar-refractivity contribution < 1.29 is 0 Å². The van der Waals surface area contributed by atoms with E-state index in [0.29, 0.717) is 17.5 Å². The van der Waals surface area contributed by atoms with Crippen molar-refractivity contribution in [3.8, 4) is 62.1 Å². The van der Waals surface area contributed by atoms with Gasteiger partial charge in [0.25, 0.3) is 0 Å². The van der Waals surface area contributed by atoms with E-state index < -0.39 is 0 Å². The fourth-order valence-electron chi connectivity index (χ4n) is 8.07. The summed E-state index contributed by atoms with van der Waals surface area (Å²) in [5.74, 6) is 1.92. The molecule has 0 bridgehead atoms. The molecule has 0 atom stereocenters. The van der Waals surface area contributed by atoms with Crippen LogP contribution in [-0.2, 0) is 0 Å². The highest BCUT2D eigenvalue weighted by Crippen LogP contribution is 2.42. The monoisotopic (exact) mass is 732 g/mol. The van der Waals surface area contributed by atoms with Crippen LogP contribution in [0.15, 0.2) is 194 Å². The van der Waals surface area contributed by atoms with Gasteiger partial charge in [-0.05, 0) is 47.0 Å². The Bertz CT molecular complexity index is 3160. The van der Waals surface area contributed by atoms with Gasteiger partial charge < -0.3 is 4.57 Å². The number of benzene rings is 8. The Balaban J connectivity index is 1.13. The smallest absolute Gasteiger partial charge is 0.164 e. The van der Waals surface area contributed by atoms with E-state index in [9.17, 15) is 0 Å². The zero-order valence-corrected chi connectivity index (χ0v) is 31.0. The number of hydrogen-bond acceptors (Lipinski definition) is 4. The van der Waals surface area contributed by atoms with Gasteiger partial charge in [-0.25, -0.2) is 15.0 Å². The van der Waals surface area contributed by atoms with Crippen molar-refractivity contribution >= 4 is 53.3 Å². The van der Waals surface area contributed by atoms with Crippen LogP contribution in [0, 0.1) is 0 Å². The van der Waals surface area contributed by atoms with Crippen molar-refractivity contribution in [2.45, 2.75) is 0 Å². The Labute approximate surface area is 327 Å². The van der Waals surface area contributed by atoms with Crippen molar-refractivity contribution in [2.24, 2.45) is 0 Å². The average Bonchev–Trinajstić information content (AvgIpc) is 3.83. The van der Waals surface area contributed by atoms with Crippen LogP contribution in [0.1, 0.15) is 0 Å². The highest BCUT2D eigenvalue weighted by atomic mass is 32.1. The van der Waals surface area contributed by atoms with Crippen LogP contribution in [0.2, 0.25) is 0 Å². The van der Waals surface area contributed by atoms with E-state index in [4.69, 9.17) is 15.0 Å². The molecule has 56 heavy (non-hydrogen) atoms. The maximum atomic E-state index is 5.08. The molecule has 11 aromatic rings. The predicted octanol–water partition coefficient (Wildman–Crippen LogP) is 13.7. The molecule has 4 nitrogen and oxygen atoms in total. The van der Waals surface area contributed by atoms with Gasteiger partial charge in [0.2, 0.25) is 0 Å². The number of thiophene rings is 1. The van der Waals surface area contributed by atoms with Crippen LogP contribution in [0.3, 0.4) is 0 Å². The molecule has 0 aliphatic carbocycles. The fourth-order valence-corrected chi connectivity index (χ4v) is 9.20. The molecule has 0 N–H and O–H groups in total. The number of hydrogen-bond donors (Lipinski definition) is 0. The Hall–Kier alpha value is -7.21. The lowest BCUT2D eigenvalue weighted by molar-refractivity contribution is 1.07. The first kappa shape index (κ1) is 32.2. The predicted molar refractivity (Wildman–Crippen MR) is 234 cm³/mol. The minimum absolute atomic E-state index is 0.631. The molecule has 0 aliphatic rings. The molecule has 3 aromatic heterocycles. The van der Waals surface area contributed by atoms with Gasteiger partial charge in [0.1, 0.15) is 0 Å². The van der Waals surface area contributed by atoms with Gasteiger partial charge in [-0.3, -0.25) is 0 Å². The SMILES string of the molecule is c1ccc(-c2nc(-c3ccccc3)nc(-c3ccc4c5cccc(-c6ccccc6)c5n(-c5ccc(-c6cccc7sc8ccccc8c67)cc5)c4c3)n2)cc1. The van der Waals surface area contributed by atoms with Crippen LogP contribution >= 0.6 is 11.3 Å². The van der Waals surface area contributed by atoms with Gasteiger partial charge in [-0.15, -0.1) is 11.3 Å². The first-order valence-electron chi connectivity index (χ1n) is 18.8. The van der Waals surface area contributed by atoms with Gasteiger partial charge in [0.05, 0.1) is 11.0 Å². The number of aromatic nitrogens is 4. The molecule has 0 unspecified atom stereocenters. The van der Waals surface area contributed by atoms with Crippen LogP contribution in [0.4, 0.5) is 0 Å². The summed E-state index contributed by atoms with van der Waals surface area (Å²) in [6.45, 7) is 0. The summed E-state index contributed by atoms with van der Waals surface area (Å²) in [5, 5.41) is 4.98.